The first-order valence-electron chi connectivity index (χ1n) is 5.98. The number of anilines is 2. The van der Waals surface area contributed by atoms with Gasteiger partial charge < -0.3 is 10.6 Å². The predicted molar refractivity (Wildman–Crippen MR) is 77.5 cm³/mol. The first-order chi connectivity index (χ1) is 9.38. The molecule has 0 atom stereocenters. The predicted octanol–water partition coefficient (Wildman–Crippen LogP) is 4.60. The van der Waals surface area contributed by atoms with E-state index in [0.717, 1.165) is 15.8 Å². The summed E-state index contributed by atoms with van der Waals surface area (Å²) >= 11 is 1.57. The van der Waals surface area contributed by atoms with Crippen molar-refractivity contribution in [3.63, 3.8) is 0 Å². The van der Waals surface area contributed by atoms with Crippen LogP contribution in [0.2, 0.25) is 0 Å². The third-order valence-corrected chi connectivity index (χ3v) is 3.84. The normalized spacial score (nSPS) is 10.4. The van der Waals surface area contributed by atoms with Gasteiger partial charge in [-0.3, -0.25) is 0 Å². The highest BCUT2D eigenvalue weighted by Crippen LogP contribution is 2.26. The second-order valence-electron chi connectivity index (χ2n) is 4.44. The molecule has 1 aromatic heterocycles. The van der Waals surface area contributed by atoms with Gasteiger partial charge in [0.05, 0.1) is 5.69 Å². The Kier molecular flexibility index (Phi) is 4.04. The third kappa shape index (κ3) is 2.96. The summed E-state index contributed by atoms with van der Waals surface area (Å²) < 4.78 is 26.4. The number of hydrogen-bond acceptors (Lipinski definition) is 2. The van der Waals surface area contributed by atoms with Crippen LogP contribution in [0.3, 0.4) is 0 Å². The molecule has 0 radical (unpaired) electrons. The number of urea groups is 1. The van der Waals surface area contributed by atoms with Crippen molar-refractivity contribution in [3.05, 3.63) is 45.2 Å². The molecule has 0 unspecified atom stereocenters. The lowest BCUT2D eigenvalue weighted by atomic mass is 10.2. The van der Waals surface area contributed by atoms with E-state index in [4.69, 9.17) is 0 Å². The zero-order valence-corrected chi connectivity index (χ0v) is 12.1. The molecule has 2 N–H and O–H groups in total. The Morgan fingerprint density at radius 2 is 1.75 bits per heavy atom. The minimum absolute atomic E-state index is 0.0679. The summed E-state index contributed by atoms with van der Waals surface area (Å²) in [6.07, 6.45) is 0. The molecule has 0 fully saturated rings. The fraction of sp³-hybridized carbons (Fsp3) is 0.214. The number of nitrogens with one attached hydrogen (secondary N) is 2. The van der Waals surface area contributed by atoms with Crippen molar-refractivity contribution in [1.29, 1.82) is 0 Å². The first kappa shape index (κ1) is 14.5. The Bertz CT molecular complexity index is 667. The van der Waals surface area contributed by atoms with E-state index in [1.807, 2.05) is 19.9 Å². The zero-order valence-electron chi connectivity index (χ0n) is 11.3. The van der Waals surface area contributed by atoms with Gasteiger partial charge in [0, 0.05) is 21.0 Å². The number of carbonyl (C=O) groups excluding carboxylic acids is 1. The summed E-state index contributed by atoms with van der Waals surface area (Å²) in [5.41, 5.74) is 1.02. The summed E-state index contributed by atoms with van der Waals surface area (Å²) in [5.74, 6) is -1.89. The molecule has 0 saturated carbocycles. The molecular weight excluding hydrogens is 282 g/mol. The molecule has 0 saturated heterocycles. The van der Waals surface area contributed by atoms with Crippen LogP contribution in [0.25, 0.3) is 0 Å². The molecule has 1 aromatic carbocycles. The number of benzene rings is 1. The van der Waals surface area contributed by atoms with E-state index in [-0.39, 0.29) is 11.3 Å². The van der Waals surface area contributed by atoms with E-state index in [0.29, 0.717) is 5.69 Å². The highest BCUT2D eigenvalue weighted by atomic mass is 32.1. The Balaban J connectivity index is 2.13. The number of carbonyl (C=O) groups is 1. The quantitative estimate of drug-likeness (QED) is 0.835. The topological polar surface area (TPSA) is 41.1 Å². The largest absolute Gasteiger partial charge is 0.323 e. The molecule has 106 valence electrons. The van der Waals surface area contributed by atoms with Gasteiger partial charge in [-0.05, 0) is 39.0 Å². The van der Waals surface area contributed by atoms with Gasteiger partial charge in [-0.2, -0.15) is 0 Å². The Labute approximate surface area is 119 Å². The molecular formula is C14H14F2N2OS. The van der Waals surface area contributed by atoms with Crippen molar-refractivity contribution >= 4 is 28.7 Å². The Morgan fingerprint density at radius 3 is 2.35 bits per heavy atom. The number of amides is 2. The Morgan fingerprint density at radius 1 is 1.10 bits per heavy atom. The van der Waals surface area contributed by atoms with E-state index >= 15 is 0 Å². The molecule has 0 spiro atoms. The molecule has 2 amide bonds. The molecule has 6 heteroatoms. The maximum atomic E-state index is 13.4. The van der Waals surface area contributed by atoms with Gasteiger partial charge in [-0.25, -0.2) is 13.6 Å². The highest BCUT2D eigenvalue weighted by Gasteiger charge is 2.12. The minimum atomic E-state index is -0.953. The maximum Gasteiger partial charge on any atom is 0.323 e. The van der Waals surface area contributed by atoms with Gasteiger partial charge >= 0.3 is 6.03 Å². The van der Waals surface area contributed by atoms with Crippen molar-refractivity contribution in [2.75, 3.05) is 10.6 Å². The van der Waals surface area contributed by atoms with E-state index in [1.165, 1.54) is 13.0 Å². The van der Waals surface area contributed by atoms with Crippen molar-refractivity contribution in [3.8, 4) is 0 Å². The first-order valence-corrected chi connectivity index (χ1v) is 6.79. The number of thiophene rings is 1. The fourth-order valence-electron chi connectivity index (χ4n) is 1.82. The third-order valence-electron chi connectivity index (χ3n) is 2.88. The summed E-state index contributed by atoms with van der Waals surface area (Å²) in [6.45, 7) is 5.25. The molecule has 0 aliphatic heterocycles. The number of hydrogen-bond donors (Lipinski definition) is 2. The monoisotopic (exact) mass is 296 g/mol. The molecule has 3 nitrogen and oxygen atoms in total. The van der Waals surface area contributed by atoms with Crippen LogP contribution in [0.15, 0.2) is 18.2 Å². The SMILES string of the molecule is Cc1cc(NC(=O)Nc2ccc(F)c(F)c2C)c(C)s1. The van der Waals surface area contributed by atoms with Crippen molar-refractivity contribution in [2.45, 2.75) is 20.8 Å². The van der Waals surface area contributed by atoms with Crippen LogP contribution in [0.4, 0.5) is 25.0 Å². The maximum absolute atomic E-state index is 13.4. The van der Waals surface area contributed by atoms with Crippen molar-refractivity contribution in [1.82, 2.24) is 0 Å². The molecule has 0 aliphatic rings. The average Bonchev–Trinajstić information content (AvgIpc) is 2.68. The van der Waals surface area contributed by atoms with Crippen LogP contribution < -0.4 is 10.6 Å². The number of rotatable bonds is 2. The van der Waals surface area contributed by atoms with Gasteiger partial charge in [-0.15, -0.1) is 11.3 Å². The summed E-state index contributed by atoms with van der Waals surface area (Å²) in [4.78, 5) is 13.9. The number of halogens is 2. The van der Waals surface area contributed by atoms with E-state index < -0.39 is 17.7 Å². The highest BCUT2D eigenvalue weighted by molar-refractivity contribution is 7.12. The molecule has 1 heterocycles. The second kappa shape index (κ2) is 5.58. The lowest BCUT2D eigenvalue weighted by molar-refractivity contribution is 0.262. The van der Waals surface area contributed by atoms with Crippen LogP contribution in [0, 0.1) is 32.4 Å². The van der Waals surface area contributed by atoms with Gasteiger partial charge in [0.2, 0.25) is 0 Å². The lowest BCUT2D eigenvalue weighted by Gasteiger charge is -2.10. The van der Waals surface area contributed by atoms with Gasteiger partial charge in [-0.1, -0.05) is 0 Å². The van der Waals surface area contributed by atoms with E-state index in [1.54, 1.807) is 11.3 Å². The van der Waals surface area contributed by atoms with Gasteiger partial charge in [0.15, 0.2) is 11.6 Å². The summed E-state index contributed by atoms with van der Waals surface area (Å²) in [7, 11) is 0. The number of aryl methyl sites for hydroxylation is 2. The zero-order chi connectivity index (χ0) is 14.9. The lowest BCUT2D eigenvalue weighted by Crippen LogP contribution is -2.20. The van der Waals surface area contributed by atoms with Crippen LogP contribution >= 0.6 is 11.3 Å². The molecule has 0 aliphatic carbocycles. The van der Waals surface area contributed by atoms with Crippen LogP contribution in [0.5, 0.6) is 0 Å². The van der Waals surface area contributed by atoms with Gasteiger partial charge in [0.1, 0.15) is 0 Å². The minimum Gasteiger partial charge on any atom is -0.307 e. The molecule has 20 heavy (non-hydrogen) atoms. The van der Waals surface area contributed by atoms with Crippen molar-refractivity contribution in [2.24, 2.45) is 0 Å². The molecule has 2 rings (SSSR count). The molecule has 0 bridgehead atoms. The van der Waals surface area contributed by atoms with E-state index in [2.05, 4.69) is 10.6 Å². The van der Waals surface area contributed by atoms with Gasteiger partial charge in [0.25, 0.3) is 0 Å². The average molecular weight is 296 g/mol. The summed E-state index contributed by atoms with van der Waals surface area (Å²) in [5, 5.41) is 5.20. The Hall–Kier alpha value is -1.95. The molecule has 2 aromatic rings. The fourth-order valence-corrected chi connectivity index (χ4v) is 2.70. The van der Waals surface area contributed by atoms with E-state index in [9.17, 15) is 13.6 Å². The van der Waals surface area contributed by atoms with Crippen molar-refractivity contribution < 1.29 is 13.6 Å². The summed E-state index contributed by atoms with van der Waals surface area (Å²) in [6, 6.07) is 3.69. The standard InChI is InChI=1S/C14H14F2N2OS/c1-7-6-12(9(3)20-7)18-14(19)17-11-5-4-10(15)13(16)8(11)2/h4-6H,1-3H3,(H2,17,18,19). The van der Waals surface area contributed by atoms with Crippen LogP contribution in [-0.2, 0) is 0 Å². The van der Waals surface area contributed by atoms with Crippen LogP contribution in [0.1, 0.15) is 15.3 Å². The second-order valence-corrected chi connectivity index (χ2v) is 5.90. The smallest absolute Gasteiger partial charge is 0.307 e. The van der Waals surface area contributed by atoms with Crippen LogP contribution in [-0.4, -0.2) is 6.03 Å².